The van der Waals surface area contributed by atoms with E-state index in [0.29, 0.717) is 5.56 Å². The summed E-state index contributed by atoms with van der Waals surface area (Å²) in [6, 6.07) is 15.0. The number of anilines is 1. The SMILES string of the molecule is CC(=O)Oc1ccc(N2C(=O)CC(N(Cc3ccc(F)cc3)C(=O)c3ccc(F)cc3)C2=O)cc1. The number of hydrogen-bond donors (Lipinski definition) is 0. The number of ether oxygens (including phenoxy) is 1. The second-order valence-electron chi connectivity index (χ2n) is 7.94. The summed E-state index contributed by atoms with van der Waals surface area (Å²) in [7, 11) is 0. The van der Waals surface area contributed by atoms with Gasteiger partial charge in [-0.25, -0.2) is 13.7 Å². The lowest BCUT2D eigenvalue weighted by Gasteiger charge is -2.28. The lowest BCUT2D eigenvalue weighted by atomic mass is 10.1. The van der Waals surface area contributed by atoms with Crippen LogP contribution in [0.2, 0.25) is 0 Å². The van der Waals surface area contributed by atoms with Crippen LogP contribution in [0.4, 0.5) is 14.5 Å². The molecule has 1 atom stereocenters. The second-order valence-corrected chi connectivity index (χ2v) is 7.94. The van der Waals surface area contributed by atoms with Crippen LogP contribution in [-0.4, -0.2) is 34.6 Å². The van der Waals surface area contributed by atoms with E-state index in [4.69, 9.17) is 4.74 Å². The molecule has 1 heterocycles. The van der Waals surface area contributed by atoms with Crippen LogP contribution in [0.1, 0.15) is 29.3 Å². The van der Waals surface area contributed by atoms with E-state index in [1.807, 2.05) is 0 Å². The predicted molar refractivity (Wildman–Crippen MR) is 121 cm³/mol. The van der Waals surface area contributed by atoms with Crippen LogP contribution in [0.5, 0.6) is 5.75 Å². The first-order valence-corrected chi connectivity index (χ1v) is 10.7. The van der Waals surface area contributed by atoms with Crippen LogP contribution >= 0.6 is 0 Å². The van der Waals surface area contributed by atoms with Gasteiger partial charge in [-0.3, -0.25) is 19.2 Å². The molecule has 1 aliphatic heterocycles. The third kappa shape index (κ3) is 5.24. The molecule has 9 heteroatoms. The summed E-state index contributed by atoms with van der Waals surface area (Å²) in [6.07, 6.45) is -0.265. The molecule has 7 nitrogen and oxygen atoms in total. The molecule has 1 aliphatic rings. The smallest absolute Gasteiger partial charge is 0.308 e. The molecule has 1 unspecified atom stereocenters. The molecule has 178 valence electrons. The van der Waals surface area contributed by atoms with Crippen LogP contribution < -0.4 is 9.64 Å². The van der Waals surface area contributed by atoms with Gasteiger partial charge in [0.15, 0.2) is 0 Å². The van der Waals surface area contributed by atoms with Crippen molar-refractivity contribution in [2.24, 2.45) is 0 Å². The van der Waals surface area contributed by atoms with Gasteiger partial charge in [0, 0.05) is 19.0 Å². The van der Waals surface area contributed by atoms with Crippen molar-refractivity contribution in [1.82, 2.24) is 4.90 Å². The molecule has 0 aromatic heterocycles. The molecule has 0 N–H and O–H groups in total. The lowest BCUT2D eigenvalue weighted by Crippen LogP contribution is -2.45. The van der Waals surface area contributed by atoms with Gasteiger partial charge in [0.2, 0.25) is 5.91 Å². The maximum atomic E-state index is 13.4. The monoisotopic (exact) mass is 478 g/mol. The second kappa shape index (κ2) is 9.84. The first-order valence-electron chi connectivity index (χ1n) is 10.7. The molecule has 0 saturated carbocycles. The maximum Gasteiger partial charge on any atom is 0.308 e. The quantitative estimate of drug-likeness (QED) is 0.305. The van der Waals surface area contributed by atoms with Crippen molar-refractivity contribution in [3.8, 4) is 5.75 Å². The molecule has 3 amide bonds. The van der Waals surface area contributed by atoms with Crippen molar-refractivity contribution in [2.75, 3.05) is 4.90 Å². The summed E-state index contributed by atoms with van der Waals surface area (Å²) >= 11 is 0. The van der Waals surface area contributed by atoms with Crippen LogP contribution in [0.3, 0.4) is 0 Å². The van der Waals surface area contributed by atoms with Crippen molar-refractivity contribution in [2.45, 2.75) is 25.9 Å². The Morgan fingerprint density at radius 2 is 1.49 bits per heavy atom. The minimum Gasteiger partial charge on any atom is -0.427 e. The number of nitrogens with zero attached hydrogens (tertiary/aromatic N) is 2. The molecule has 0 bridgehead atoms. The number of carbonyl (C=O) groups is 4. The molecule has 3 aromatic carbocycles. The van der Waals surface area contributed by atoms with E-state index in [2.05, 4.69) is 0 Å². The highest BCUT2D eigenvalue weighted by Gasteiger charge is 2.44. The Kier molecular flexibility index (Phi) is 6.68. The van der Waals surface area contributed by atoms with Gasteiger partial charge in [-0.05, 0) is 66.2 Å². The average Bonchev–Trinajstić information content (AvgIpc) is 3.12. The summed E-state index contributed by atoms with van der Waals surface area (Å²) < 4.78 is 31.8. The summed E-state index contributed by atoms with van der Waals surface area (Å²) in [5.41, 5.74) is 0.943. The van der Waals surface area contributed by atoms with Crippen LogP contribution in [0, 0.1) is 11.6 Å². The standard InChI is InChI=1S/C26H20F2N2O5/c1-16(31)35-22-12-10-21(11-13-22)30-24(32)14-23(26(30)34)29(15-17-2-6-19(27)7-3-17)25(33)18-4-8-20(28)9-5-18/h2-13,23H,14-15H2,1H3. The van der Waals surface area contributed by atoms with E-state index in [-0.39, 0.29) is 30.0 Å². The van der Waals surface area contributed by atoms with E-state index in [1.165, 1.54) is 72.5 Å². The van der Waals surface area contributed by atoms with Gasteiger partial charge in [0.05, 0.1) is 12.1 Å². The molecule has 1 fully saturated rings. The number of imide groups is 1. The average molecular weight is 478 g/mol. The Labute approximate surface area is 199 Å². The molecular weight excluding hydrogens is 458 g/mol. The number of rotatable bonds is 6. The minimum atomic E-state index is -1.13. The van der Waals surface area contributed by atoms with E-state index < -0.39 is 41.4 Å². The van der Waals surface area contributed by atoms with E-state index in [0.717, 1.165) is 17.0 Å². The number of halogens is 2. The fourth-order valence-corrected chi connectivity index (χ4v) is 3.83. The third-order valence-electron chi connectivity index (χ3n) is 5.47. The van der Waals surface area contributed by atoms with E-state index in [1.54, 1.807) is 0 Å². The van der Waals surface area contributed by atoms with Gasteiger partial charge in [-0.15, -0.1) is 0 Å². The Balaban J connectivity index is 1.64. The van der Waals surface area contributed by atoms with E-state index >= 15 is 0 Å². The maximum absolute atomic E-state index is 13.4. The minimum absolute atomic E-state index is 0.0700. The first kappa shape index (κ1) is 23.7. The zero-order chi connectivity index (χ0) is 25.1. The molecular formula is C26H20F2N2O5. The Morgan fingerprint density at radius 3 is 2.06 bits per heavy atom. The Bertz CT molecular complexity index is 1270. The number of carbonyl (C=O) groups excluding carboxylic acids is 4. The van der Waals surface area contributed by atoms with Gasteiger partial charge in [0.25, 0.3) is 11.8 Å². The fraction of sp³-hybridized carbons (Fsp3) is 0.154. The number of benzene rings is 3. The highest BCUT2D eigenvalue weighted by molar-refractivity contribution is 6.23. The zero-order valence-corrected chi connectivity index (χ0v) is 18.6. The van der Waals surface area contributed by atoms with Crippen LogP contribution in [-0.2, 0) is 20.9 Å². The highest BCUT2D eigenvalue weighted by atomic mass is 19.1. The van der Waals surface area contributed by atoms with Gasteiger partial charge in [-0.1, -0.05) is 12.1 Å². The molecule has 35 heavy (non-hydrogen) atoms. The van der Waals surface area contributed by atoms with Gasteiger partial charge < -0.3 is 9.64 Å². The van der Waals surface area contributed by atoms with Gasteiger partial charge in [0.1, 0.15) is 23.4 Å². The largest absolute Gasteiger partial charge is 0.427 e. The Morgan fingerprint density at radius 1 is 0.914 bits per heavy atom. The van der Waals surface area contributed by atoms with Crippen LogP contribution in [0.25, 0.3) is 0 Å². The number of esters is 1. The van der Waals surface area contributed by atoms with E-state index in [9.17, 15) is 28.0 Å². The fourth-order valence-electron chi connectivity index (χ4n) is 3.83. The number of hydrogen-bond acceptors (Lipinski definition) is 5. The topological polar surface area (TPSA) is 84.0 Å². The first-order chi connectivity index (χ1) is 16.7. The zero-order valence-electron chi connectivity index (χ0n) is 18.6. The normalized spacial score (nSPS) is 15.3. The van der Waals surface area contributed by atoms with Crippen molar-refractivity contribution in [3.05, 3.63) is 95.6 Å². The van der Waals surface area contributed by atoms with Gasteiger partial charge in [-0.2, -0.15) is 0 Å². The van der Waals surface area contributed by atoms with Gasteiger partial charge >= 0.3 is 5.97 Å². The lowest BCUT2D eigenvalue weighted by molar-refractivity contribution is -0.132. The van der Waals surface area contributed by atoms with Crippen LogP contribution in [0.15, 0.2) is 72.8 Å². The van der Waals surface area contributed by atoms with Crippen molar-refractivity contribution in [3.63, 3.8) is 0 Å². The highest BCUT2D eigenvalue weighted by Crippen LogP contribution is 2.29. The summed E-state index contributed by atoms with van der Waals surface area (Å²) in [5.74, 6) is -2.96. The summed E-state index contributed by atoms with van der Waals surface area (Å²) in [4.78, 5) is 52.9. The Hall–Kier alpha value is -4.40. The molecule has 0 aliphatic carbocycles. The van der Waals surface area contributed by atoms with Crippen molar-refractivity contribution in [1.29, 1.82) is 0 Å². The molecule has 3 aromatic rings. The predicted octanol–water partition coefficient (Wildman–Crippen LogP) is 3.86. The molecule has 4 rings (SSSR count). The number of amides is 3. The molecule has 0 spiro atoms. The molecule has 1 saturated heterocycles. The van der Waals surface area contributed by atoms with Crippen molar-refractivity contribution >= 4 is 29.4 Å². The third-order valence-corrected chi connectivity index (χ3v) is 5.47. The summed E-state index contributed by atoms with van der Waals surface area (Å²) in [5, 5.41) is 0. The molecule has 0 radical (unpaired) electrons. The summed E-state index contributed by atoms with van der Waals surface area (Å²) in [6.45, 7) is 1.18. The van der Waals surface area contributed by atoms with Crippen molar-refractivity contribution < 1.29 is 32.7 Å².